The maximum Gasteiger partial charge on any atom is 0.264 e. The summed E-state index contributed by atoms with van der Waals surface area (Å²) in [5.74, 6) is 0.661. The van der Waals surface area contributed by atoms with Crippen molar-refractivity contribution in [2.45, 2.75) is 12.8 Å². The Morgan fingerprint density at radius 2 is 2.25 bits per heavy atom. The molecule has 0 N–H and O–H groups in total. The Kier molecular flexibility index (Phi) is 7.94. The minimum absolute atomic E-state index is 0.394. The number of thioether (sulfide) groups is 1. The molecule has 7 heteroatoms. The summed E-state index contributed by atoms with van der Waals surface area (Å²) in [4.78, 5) is 14.4. The highest BCUT2D eigenvalue weighted by Crippen LogP contribution is 2.16. The van der Waals surface area contributed by atoms with E-state index in [0.717, 1.165) is 51.9 Å². The number of nitro groups is 1. The van der Waals surface area contributed by atoms with Crippen LogP contribution in [0.2, 0.25) is 0 Å². The third-order valence-electron chi connectivity index (χ3n) is 3.43. The number of hydrogen-bond donors (Lipinski definition) is 0. The van der Waals surface area contributed by atoms with Crippen LogP contribution in [0.25, 0.3) is 0 Å². The van der Waals surface area contributed by atoms with Gasteiger partial charge >= 0.3 is 0 Å². The molecule has 20 heavy (non-hydrogen) atoms. The second-order valence-electron chi connectivity index (χ2n) is 5.22. The van der Waals surface area contributed by atoms with Crippen LogP contribution in [0.3, 0.4) is 0 Å². The predicted molar refractivity (Wildman–Crippen MR) is 82.3 cm³/mol. The molecular formula is C13H25N3O3S. The Bertz CT molecular complexity index is 333. The monoisotopic (exact) mass is 303 g/mol. The van der Waals surface area contributed by atoms with E-state index >= 15 is 0 Å². The number of hydrogen-bond acceptors (Lipinski definition) is 6. The maximum absolute atomic E-state index is 10.5. The lowest BCUT2D eigenvalue weighted by atomic mass is 10.1. The summed E-state index contributed by atoms with van der Waals surface area (Å²) >= 11 is 1.41. The van der Waals surface area contributed by atoms with Crippen LogP contribution in [0.5, 0.6) is 0 Å². The van der Waals surface area contributed by atoms with E-state index in [9.17, 15) is 10.1 Å². The molecule has 1 saturated heterocycles. The first-order chi connectivity index (χ1) is 9.52. The van der Waals surface area contributed by atoms with Crippen LogP contribution in [0.4, 0.5) is 0 Å². The second-order valence-corrected chi connectivity index (χ2v) is 6.05. The van der Waals surface area contributed by atoms with Gasteiger partial charge in [0.1, 0.15) is 5.03 Å². The topological polar surface area (TPSA) is 58.9 Å². The Hall–Kier alpha value is -0.790. The lowest BCUT2D eigenvalue weighted by Gasteiger charge is -2.23. The van der Waals surface area contributed by atoms with Crippen molar-refractivity contribution in [3.8, 4) is 0 Å². The molecule has 6 nitrogen and oxygen atoms in total. The van der Waals surface area contributed by atoms with Crippen LogP contribution in [0.1, 0.15) is 12.8 Å². The first-order valence-electron chi connectivity index (χ1n) is 6.89. The third kappa shape index (κ3) is 6.58. The minimum atomic E-state index is -0.394. The van der Waals surface area contributed by atoms with Gasteiger partial charge < -0.3 is 14.5 Å². The van der Waals surface area contributed by atoms with E-state index in [1.165, 1.54) is 11.8 Å². The Morgan fingerprint density at radius 1 is 1.50 bits per heavy atom. The molecule has 0 radical (unpaired) electrons. The number of rotatable bonds is 9. The van der Waals surface area contributed by atoms with E-state index in [0.29, 0.717) is 10.9 Å². The van der Waals surface area contributed by atoms with Crippen LogP contribution >= 0.6 is 11.8 Å². The minimum Gasteiger partial charge on any atom is -0.381 e. The Morgan fingerprint density at radius 3 is 2.80 bits per heavy atom. The fraction of sp³-hybridized carbons (Fsp3) is 0.846. The van der Waals surface area contributed by atoms with Gasteiger partial charge in [0.2, 0.25) is 0 Å². The molecule has 1 fully saturated rings. The van der Waals surface area contributed by atoms with E-state index in [-0.39, 0.29) is 0 Å². The van der Waals surface area contributed by atoms with Crippen molar-refractivity contribution >= 4 is 11.8 Å². The molecule has 0 aromatic carbocycles. The highest BCUT2D eigenvalue weighted by molar-refractivity contribution is 8.02. The lowest BCUT2D eigenvalue weighted by Crippen LogP contribution is -2.29. The van der Waals surface area contributed by atoms with Gasteiger partial charge in [-0.1, -0.05) is 0 Å². The summed E-state index contributed by atoms with van der Waals surface area (Å²) in [6.45, 7) is 4.67. The first kappa shape index (κ1) is 17.3. The molecule has 0 aromatic rings. The average Bonchev–Trinajstić information content (AvgIpc) is 2.88. The molecular weight excluding hydrogens is 278 g/mol. The highest BCUT2D eigenvalue weighted by atomic mass is 32.2. The molecule has 0 spiro atoms. The summed E-state index contributed by atoms with van der Waals surface area (Å²) < 4.78 is 5.37. The second kappa shape index (κ2) is 9.20. The molecule has 0 aliphatic carbocycles. The third-order valence-corrected chi connectivity index (χ3v) is 4.26. The summed E-state index contributed by atoms with van der Waals surface area (Å²) in [6.07, 6.45) is 5.09. The molecule has 0 saturated carbocycles. The van der Waals surface area contributed by atoms with Gasteiger partial charge in [0.05, 0.1) is 11.5 Å². The van der Waals surface area contributed by atoms with E-state index < -0.39 is 4.92 Å². The molecule has 0 aromatic heterocycles. The Balaban J connectivity index is 2.22. The zero-order valence-electron chi connectivity index (χ0n) is 12.6. The van der Waals surface area contributed by atoms with Crippen molar-refractivity contribution < 1.29 is 9.66 Å². The number of ether oxygens (including phenoxy) is 1. The zero-order valence-corrected chi connectivity index (χ0v) is 13.4. The standard InChI is InChI=1S/C13H25N3O3S/c1-14(9-12-5-8-19-11-12)6-4-7-15(2)13(20-3)10-16(17)18/h10,12H,4-9,11H2,1-3H3. The van der Waals surface area contributed by atoms with Gasteiger partial charge in [-0.3, -0.25) is 10.1 Å². The zero-order chi connectivity index (χ0) is 15.0. The van der Waals surface area contributed by atoms with E-state index in [2.05, 4.69) is 11.9 Å². The summed E-state index contributed by atoms with van der Waals surface area (Å²) in [7, 11) is 4.03. The molecule has 116 valence electrons. The van der Waals surface area contributed by atoms with Gasteiger partial charge in [-0.05, 0) is 38.6 Å². The predicted octanol–water partition coefficient (Wildman–Crippen LogP) is 1.72. The Labute approximate surface area is 125 Å². The maximum atomic E-state index is 10.5. The van der Waals surface area contributed by atoms with E-state index in [4.69, 9.17) is 4.74 Å². The van der Waals surface area contributed by atoms with Gasteiger partial charge in [-0.25, -0.2) is 0 Å². The fourth-order valence-corrected chi connectivity index (χ4v) is 2.94. The highest BCUT2D eigenvalue weighted by Gasteiger charge is 2.17. The molecule has 0 bridgehead atoms. The van der Waals surface area contributed by atoms with Gasteiger partial charge in [-0.2, -0.15) is 0 Å². The van der Waals surface area contributed by atoms with Crippen molar-refractivity contribution in [3.05, 3.63) is 21.3 Å². The first-order valence-corrected chi connectivity index (χ1v) is 8.12. The van der Waals surface area contributed by atoms with Gasteiger partial charge in [0.25, 0.3) is 6.20 Å². The lowest BCUT2D eigenvalue weighted by molar-refractivity contribution is -0.403. The van der Waals surface area contributed by atoms with Crippen molar-refractivity contribution in [1.82, 2.24) is 9.80 Å². The van der Waals surface area contributed by atoms with E-state index in [1.807, 2.05) is 18.2 Å². The van der Waals surface area contributed by atoms with Crippen molar-refractivity contribution in [3.63, 3.8) is 0 Å². The van der Waals surface area contributed by atoms with Crippen molar-refractivity contribution in [1.29, 1.82) is 0 Å². The average molecular weight is 303 g/mol. The molecule has 1 unspecified atom stereocenters. The quantitative estimate of drug-likeness (QED) is 0.477. The molecule has 1 rings (SSSR count). The SMILES string of the molecule is CSC(=C[N+](=O)[O-])N(C)CCCN(C)CC1CCOC1. The number of nitrogens with zero attached hydrogens (tertiary/aromatic N) is 3. The molecule has 1 aliphatic rings. The van der Waals surface area contributed by atoms with Crippen LogP contribution in [-0.4, -0.2) is 67.9 Å². The molecule has 1 heterocycles. The van der Waals surface area contributed by atoms with Gasteiger partial charge in [0.15, 0.2) is 0 Å². The summed E-state index contributed by atoms with van der Waals surface area (Å²) in [6, 6.07) is 0. The normalized spacial score (nSPS) is 19.6. The van der Waals surface area contributed by atoms with Crippen molar-refractivity contribution in [2.24, 2.45) is 5.92 Å². The van der Waals surface area contributed by atoms with Crippen molar-refractivity contribution in [2.75, 3.05) is 53.2 Å². The summed E-state index contributed by atoms with van der Waals surface area (Å²) in [5.41, 5.74) is 0. The molecule has 0 amide bonds. The largest absolute Gasteiger partial charge is 0.381 e. The van der Waals surface area contributed by atoms with Crippen LogP contribution in [-0.2, 0) is 4.74 Å². The van der Waals surface area contributed by atoms with Gasteiger partial charge in [0, 0.05) is 26.7 Å². The molecule has 1 atom stereocenters. The van der Waals surface area contributed by atoms with Crippen LogP contribution in [0.15, 0.2) is 11.2 Å². The molecule has 1 aliphatic heterocycles. The van der Waals surface area contributed by atoms with Crippen LogP contribution in [0, 0.1) is 16.0 Å². The van der Waals surface area contributed by atoms with E-state index in [1.54, 1.807) is 0 Å². The summed E-state index contributed by atoms with van der Waals surface area (Å²) in [5, 5.41) is 11.2. The fourth-order valence-electron chi connectivity index (χ4n) is 2.34. The smallest absolute Gasteiger partial charge is 0.264 e. The van der Waals surface area contributed by atoms with Gasteiger partial charge in [-0.15, -0.1) is 11.8 Å². The van der Waals surface area contributed by atoms with Crippen LogP contribution < -0.4 is 0 Å².